The molecule has 1 unspecified atom stereocenters. The minimum Gasteiger partial charge on any atom is -0.117 e. The summed E-state index contributed by atoms with van der Waals surface area (Å²) in [7, 11) is 0. The molecule has 0 aliphatic rings. The van der Waals surface area contributed by atoms with Gasteiger partial charge in [-0.1, -0.05) is 35.9 Å². The van der Waals surface area contributed by atoms with E-state index in [1.165, 1.54) is 16.7 Å². The Morgan fingerprint density at radius 1 is 0.895 bits per heavy atom. The van der Waals surface area contributed by atoms with Crippen molar-refractivity contribution in [3.8, 4) is 0 Å². The average molecular weight is 293 g/mol. The van der Waals surface area contributed by atoms with Gasteiger partial charge in [-0.3, -0.25) is 0 Å². The summed E-state index contributed by atoms with van der Waals surface area (Å²) in [6.45, 7) is 6.31. The van der Waals surface area contributed by atoms with Gasteiger partial charge in [0.2, 0.25) is 0 Å². The van der Waals surface area contributed by atoms with E-state index in [-0.39, 0.29) is 5.38 Å². The molecule has 0 spiro atoms. The molecule has 0 saturated heterocycles. The van der Waals surface area contributed by atoms with Crippen LogP contribution < -0.4 is 0 Å². The van der Waals surface area contributed by atoms with Crippen molar-refractivity contribution in [2.75, 3.05) is 0 Å². The van der Waals surface area contributed by atoms with Crippen LogP contribution >= 0.6 is 23.2 Å². The largest absolute Gasteiger partial charge is 0.117 e. The fourth-order valence-electron chi connectivity index (χ4n) is 2.24. The normalized spacial score (nSPS) is 12.5. The summed E-state index contributed by atoms with van der Waals surface area (Å²) in [5.41, 5.74) is 6.21. The first-order chi connectivity index (χ1) is 8.97. The summed E-state index contributed by atoms with van der Waals surface area (Å²) in [6.07, 6.45) is 0.838. The van der Waals surface area contributed by atoms with E-state index in [0.717, 1.165) is 22.6 Å². The molecule has 0 bridgehead atoms. The van der Waals surface area contributed by atoms with Crippen LogP contribution in [-0.4, -0.2) is 0 Å². The van der Waals surface area contributed by atoms with Crippen molar-refractivity contribution in [2.45, 2.75) is 32.6 Å². The number of aryl methyl sites for hydroxylation is 3. The molecule has 0 aliphatic carbocycles. The first-order valence-corrected chi connectivity index (χ1v) is 7.25. The number of halogens is 2. The lowest BCUT2D eigenvalue weighted by Gasteiger charge is -2.14. The van der Waals surface area contributed by atoms with Crippen molar-refractivity contribution >= 4 is 23.2 Å². The van der Waals surface area contributed by atoms with Gasteiger partial charge in [0.1, 0.15) is 0 Å². The highest BCUT2D eigenvalue weighted by Crippen LogP contribution is 2.29. The minimum atomic E-state index is -0.0145. The van der Waals surface area contributed by atoms with Crippen molar-refractivity contribution in [1.29, 1.82) is 0 Å². The number of hydrogen-bond acceptors (Lipinski definition) is 0. The fraction of sp³-hybridized carbons (Fsp3) is 0.294. The molecule has 19 heavy (non-hydrogen) atoms. The van der Waals surface area contributed by atoms with Crippen LogP contribution in [0, 0.1) is 20.8 Å². The summed E-state index contributed by atoms with van der Waals surface area (Å²) in [4.78, 5) is 0. The number of benzene rings is 2. The molecule has 2 heteroatoms. The van der Waals surface area contributed by atoms with Gasteiger partial charge in [-0.15, -0.1) is 11.6 Å². The van der Waals surface area contributed by atoms with Crippen molar-refractivity contribution in [3.63, 3.8) is 0 Å². The highest BCUT2D eigenvalue weighted by molar-refractivity contribution is 6.30. The Morgan fingerprint density at radius 2 is 1.63 bits per heavy atom. The zero-order chi connectivity index (χ0) is 14.0. The van der Waals surface area contributed by atoms with Crippen LogP contribution in [0.4, 0.5) is 0 Å². The molecule has 2 aromatic rings. The first kappa shape index (κ1) is 14.4. The van der Waals surface area contributed by atoms with Gasteiger partial charge in [-0.2, -0.15) is 0 Å². The lowest BCUT2D eigenvalue weighted by molar-refractivity contribution is 0.907. The van der Waals surface area contributed by atoms with Gasteiger partial charge in [0.25, 0.3) is 0 Å². The predicted molar refractivity (Wildman–Crippen MR) is 84.4 cm³/mol. The highest BCUT2D eigenvalue weighted by Gasteiger charge is 2.12. The zero-order valence-electron chi connectivity index (χ0n) is 11.5. The van der Waals surface area contributed by atoms with Gasteiger partial charge in [-0.25, -0.2) is 0 Å². The van der Waals surface area contributed by atoms with E-state index in [4.69, 9.17) is 23.2 Å². The molecule has 0 radical (unpaired) electrons. The smallest absolute Gasteiger partial charge is 0.0628 e. The summed E-state index contributed by atoms with van der Waals surface area (Å²) in [5.74, 6) is 0. The summed E-state index contributed by atoms with van der Waals surface area (Å²) < 4.78 is 0. The van der Waals surface area contributed by atoms with Gasteiger partial charge in [0, 0.05) is 5.02 Å². The molecule has 0 aromatic heterocycles. The van der Waals surface area contributed by atoms with Crippen LogP contribution in [0.1, 0.15) is 33.2 Å². The SMILES string of the molecule is Cc1ccc(CC(Cl)c2ccc(Cl)cc2C)cc1C. The number of hydrogen-bond donors (Lipinski definition) is 0. The summed E-state index contributed by atoms with van der Waals surface area (Å²) in [6, 6.07) is 12.4. The summed E-state index contributed by atoms with van der Waals surface area (Å²) in [5, 5.41) is 0.746. The third-order valence-electron chi connectivity index (χ3n) is 3.56. The monoisotopic (exact) mass is 292 g/mol. The molecule has 0 heterocycles. The molecule has 0 fully saturated rings. The van der Waals surface area contributed by atoms with E-state index in [1.54, 1.807) is 0 Å². The second kappa shape index (κ2) is 5.98. The van der Waals surface area contributed by atoms with Crippen LogP contribution in [0.25, 0.3) is 0 Å². The van der Waals surface area contributed by atoms with Gasteiger partial charge < -0.3 is 0 Å². The molecule has 1 atom stereocenters. The third kappa shape index (κ3) is 3.52. The zero-order valence-corrected chi connectivity index (χ0v) is 13.0. The Bertz CT molecular complexity index is 588. The Kier molecular flexibility index (Phi) is 4.54. The van der Waals surface area contributed by atoms with Crippen molar-refractivity contribution in [2.24, 2.45) is 0 Å². The maximum absolute atomic E-state index is 6.55. The molecule has 100 valence electrons. The average Bonchev–Trinajstić information content (AvgIpc) is 2.33. The van der Waals surface area contributed by atoms with Crippen LogP contribution in [-0.2, 0) is 6.42 Å². The molecule has 0 saturated carbocycles. The Hall–Kier alpha value is -0.980. The van der Waals surface area contributed by atoms with Crippen LogP contribution in [0.15, 0.2) is 36.4 Å². The maximum Gasteiger partial charge on any atom is 0.0628 e. The summed E-state index contributed by atoms with van der Waals surface area (Å²) >= 11 is 12.5. The molecule has 0 nitrogen and oxygen atoms in total. The number of alkyl halides is 1. The maximum atomic E-state index is 6.55. The van der Waals surface area contributed by atoms with Crippen molar-refractivity contribution < 1.29 is 0 Å². The van der Waals surface area contributed by atoms with Crippen LogP contribution in [0.5, 0.6) is 0 Å². The molecule has 0 amide bonds. The van der Waals surface area contributed by atoms with Gasteiger partial charge in [0.15, 0.2) is 0 Å². The van der Waals surface area contributed by atoms with E-state index in [1.807, 2.05) is 18.2 Å². The molecule has 0 aliphatic heterocycles. The molecule has 2 rings (SSSR count). The van der Waals surface area contributed by atoms with Crippen molar-refractivity contribution in [3.05, 3.63) is 69.2 Å². The van der Waals surface area contributed by atoms with E-state index >= 15 is 0 Å². The third-order valence-corrected chi connectivity index (χ3v) is 4.18. The Labute approximate surface area is 125 Å². The van der Waals surface area contributed by atoms with E-state index in [2.05, 4.69) is 39.0 Å². The van der Waals surface area contributed by atoms with Crippen LogP contribution in [0.2, 0.25) is 5.02 Å². The minimum absolute atomic E-state index is 0.0145. The lowest BCUT2D eigenvalue weighted by Crippen LogP contribution is -1.99. The first-order valence-electron chi connectivity index (χ1n) is 6.43. The molecular weight excluding hydrogens is 275 g/mol. The molecule has 2 aromatic carbocycles. The lowest BCUT2D eigenvalue weighted by atomic mass is 9.98. The standard InChI is InChI=1S/C17H18Cl2/c1-11-4-5-14(8-12(11)2)10-17(19)16-7-6-15(18)9-13(16)3/h4-9,17H,10H2,1-3H3. The predicted octanol–water partition coefficient (Wildman–Crippen LogP) is 5.79. The highest BCUT2D eigenvalue weighted by atomic mass is 35.5. The Morgan fingerprint density at radius 3 is 2.26 bits per heavy atom. The van der Waals surface area contributed by atoms with Gasteiger partial charge in [0.05, 0.1) is 5.38 Å². The fourth-order valence-corrected chi connectivity index (χ4v) is 2.89. The second-order valence-electron chi connectivity index (χ2n) is 5.09. The van der Waals surface area contributed by atoms with Gasteiger partial charge >= 0.3 is 0 Å². The Balaban J connectivity index is 2.20. The second-order valence-corrected chi connectivity index (χ2v) is 6.05. The van der Waals surface area contributed by atoms with Crippen molar-refractivity contribution in [1.82, 2.24) is 0 Å². The molecule has 0 N–H and O–H groups in total. The number of rotatable bonds is 3. The molecular formula is C17H18Cl2. The quantitative estimate of drug-likeness (QED) is 0.628. The topological polar surface area (TPSA) is 0 Å². The van der Waals surface area contributed by atoms with E-state index in [9.17, 15) is 0 Å². The van der Waals surface area contributed by atoms with Gasteiger partial charge in [-0.05, 0) is 67.1 Å². The van der Waals surface area contributed by atoms with Crippen LogP contribution in [0.3, 0.4) is 0 Å². The van der Waals surface area contributed by atoms with E-state index in [0.29, 0.717) is 0 Å². The van der Waals surface area contributed by atoms with E-state index < -0.39 is 0 Å².